The van der Waals surface area contributed by atoms with Crippen molar-refractivity contribution in [3.8, 4) is 11.4 Å². The topological polar surface area (TPSA) is 71.9 Å². The second kappa shape index (κ2) is 9.75. The number of benzene rings is 2. The van der Waals surface area contributed by atoms with Crippen LogP contribution in [-0.4, -0.2) is 40.4 Å². The summed E-state index contributed by atoms with van der Waals surface area (Å²) in [5.74, 6) is 0.485. The fraction of sp³-hybridized carbons (Fsp3) is 0.348. The van der Waals surface area contributed by atoms with Crippen molar-refractivity contribution >= 4 is 41.3 Å². The van der Waals surface area contributed by atoms with E-state index in [9.17, 15) is 4.79 Å². The molecular formula is C23H24Cl2N4O2S. The summed E-state index contributed by atoms with van der Waals surface area (Å²) >= 11 is 18.0. The molecule has 3 aromatic rings. The molecule has 1 aliphatic rings. The Bertz CT molecular complexity index is 1170. The third kappa shape index (κ3) is 4.91. The molecule has 6 nitrogen and oxygen atoms in total. The van der Waals surface area contributed by atoms with Gasteiger partial charge in [0, 0.05) is 40.8 Å². The highest BCUT2D eigenvalue weighted by atomic mass is 35.5. The maximum absolute atomic E-state index is 13.0. The molecule has 2 aromatic carbocycles. The molecule has 9 heteroatoms. The lowest BCUT2D eigenvalue weighted by atomic mass is 9.74. The maximum atomic E-state index is 13.0. The van der Waals surface area contributed by atoms with Gasteiger partial charge in [0.15, 0.2) is 10.6 Å². The number of nitrogens with zero attached hydrogens (tertiary/aromatic N) is 2. The molecule has 1 fully saturated rings. The summed E-state index contributed by atoms with van der Waals surface area (Å²) in [6.45, 7) is 3.76. The van der Waals surface area contributed by atoms with Crippen molar-refractivity contribution in [3.05, 3.63) is 68.4 Å². The van der Waals surface area contributed by atoms with E-state index in [-0.39, 0.29) is 17.9 Å². The first-order valence-electron chi connectivity index (χ1n) is 10.4. The summed E-state index contributed by atoms with van der Waals surface area (Å²) in [6.07, 6.45) is 1.52. The van der Waals surface area contributed by atoms with E-state index < -0.39 is 0 Å². The maximum Gasteiger partial charge on any atom is 0.240 e. The number of aromatic amines is 1. The predicted molar refractivity (Wildman–Crippen MR) is 129 cm³/mol. The lowest BCUT2D eigenvalue weighted by Crippen LogP contribution is -2.45. The van der Waals surface area contributed by atoms with E-state index in [4.69, 9.17) is 40.2 Å². The highest BCUT2D eigenvalue weighted by Gasteiger charge is 2.36. The van der Waals surface area contributed by atoms with Gasteiger partial charge in [0.05, 0.1) is 0 Å². The SMILES string of the molecule is Cc1ccc(-c2n[nH]c(=S)n2CC(=O)NCC2(c3ccc(Cl)cc3Cl)CCOCC2)cc1. The van der Waals surface area contributed by atoms with Gasteiger partial charge in [-0.3, -0.25) is 14.5 Å². The minimum Gasteiger partial charge on any atom is -0.381 e. The first-order valence-corrected chi connectivity index (χ1v) is 11.6. The van der Waals surface area contributed by atoms with Crippen LogP contribution in [0.3, 0.4) is 0 Å². The zero-order valence-electron chi connectivity index (χ0n) is 17.7. The Morgan fingerprint density at radius 3 is 2.62 bits per heavy atom. The van der Waals surface area contributed by atoms with Gasteiger partial charge in [-0.2, -0.15) is 5.10 Å². The van der Waals surface area contributed by atoms with Crippen LogP contribution >= 0.6 is 35.4 Å². The number of aryl methyl sites for hydroxylation is 1. The summed E-state index contributed by atoms with van der Waals surface area (Å²) in [4.78, 5) is 13.0. The first kappa shape index (κ1) is 23.0. The number of hydrogen-bond donors (Lipinski definition) is 2. The van der Waals surface area contributed by atoms with Gasteiger partial charge < -0.3 is 10.1 Å². The standard InChI is InChI=1S/C23H24Cl2N4O2S/c1-15-2-4-16(5-3-15)21-27-28-22(32)29(21)13-20(30)26-14-23(8-10-31-11-9-23)18-7-6-17(24)12-19(18)25/h2-7,12H,8-11,13-14H2,1H3,(H,26,30)(H,28,32). The third-order valence-electron chi connectivity index (χ3n) is 5.95. The molecule has 0 radical (unpaired) electrons. The summed E-state index contributed by atoms with van der Waals surface area (Å²) in [5, 5.41) is 11.4. The van der Waals surface area contributed by atoms with Gasteiger partial charge in [-0.1, -0.05) is 59.1 Å². The van der Waals surface area contributed by atoms with Gasteiger partial charge in [-0.25, -0.2) is 0 Å². The monoisotopic (exact) mass is 490 g/mol. The molecule has 32 heavy (non-hydrogen) atoms. The lowest BCUT2D eigenvalue weighted by Gasteiger charge is -2.38. The van der Waals surface area contributed by atoms with Gasteiger partial charge >= 0.3 is 0 Å². The minimum absolute atomic E-state index is 0.0689. The van der Waals surface area contributed by atoms with Crippen LogP contribution in [0.25, 0.3) is 11.4 Å². The van der Waals surface area contributed by atoms with Crippen LogP contribution in [0, 0.1) is 11.7 Å². The van der Waals surface area contributed by atoms with Crippen molar-refractivity contribution in [3.63, 3.8) is 0 Å². The molecular weight excluding hydrogens is 467 g/mol. The summed E-state index contributed by atoms with van der Waals surface area (Å²) in [7, 11) is 0. The molecule has 1 saturated heterocycles. The minimum atomic E-state index is -0.312. The summed E-state index contributed by atoms with van der Waals surface area (Å²) in [6, 6.07) is 13.5. The van der Waals surface area contributed by atoms with Crippen LogP contribution in [-0.2, 0) is 21.5 Å². The third-order valence-corrected chi connectivity index (χ3v) is 6.81. The molecule has 0 saturated carbocycles. The number of nitrogens with one attached hydrogen (secondary N) is 2. The fourth-order valence-corrected chi connectivity index (χ4v) is 4.88. The second-order valence-corrected chi connectivity index (χ2v) is 9.33. The molecule has 168 valence electrons. The van der Waals surface area contributed by atoms with Crippen molar-refractivity contribution in [1.29, 1.82) is 0 Å². The summed E-state index contributed by atoms with van der Waals surface area (Å²) in [5.41, 5.74) is 2.71. The molecule has 4 rings (SSSR count). The number of hydrogen-bond acceptors (Lipinski definition) is 4. The molecule has 1 amide bonds. The number of amides is 1. The van der Waals surface area contributed by atoms with Crippen LogP contribution in [0.5, 0.6) is 0 Å². The number of ether oxygens (including phenoxy) is 1. The quantitative estimate of drug-likeness (QED) is 0.472. The molecule has 0 aliphatic carbocycles. The zero-order chi connectivity index (χ0) is 22.7. The van der Waals surface area contributed by atoms with Crippen LogP contribution in [0.15, 0.2) is 42.5 Å². The Morgan fingerprint density at radius 2 is 1.94 bits per heavy atom. The van der Waals surface area contributed by atoms with Gasteiger partial charge in [0.1, 0.15) is 6.54 Å². The molecule has 0 spiro atoms. The van der Waals surface area contributed by atoms with E-state index in [0.29, 0.717) is 40.4 Å². The Balaban J connectivity index is 1.52. The van der Waals surface area contributed by atoms with E-state index in [2.05, 4.69) is 15.5 Å². The predicted octanol–water partition coefficient (Wildman–Crippen LogP) is 5.09. The van der Waals surface area contributed by atoms with Gasteiger partial charge in [-0.05, 0) is 49.7 Å². The number of carbonyl (C=O) groups is 1. The van der Waals surface area contributed by atoms with E-state index >= 15 is 0 Å². The molecule has 0 bridgehead atoms. The average Bonchev–Trinajstić information content (AvgIpc) is 3.13. The Hall–Kier alpha value is -2.19. The number of aromatic nitrogens is 3. The normalized spacial score (nSPS) is 15.5. The Labute approximate surface area is 201 Å². The van der Waals surface area contributed by atoms with Gasteiger partial charge in [0.2, 0.25) is 5.91 Å². The molecule has 1 aromatic heterocycles. The number of rotatable bonds is 6. The van der Waals surface area contributed by atoms with Crippen LogP contribution in [0.1, 0.15) is 24.0 Å². The molecule has 1 aliphatic heterocycles. The Morgan fingerprint density at radius 1 is 1.22 bits per heavy atom. The average molecular weight is 491 g/mol. The molecule has 2 N–H and O–H groups in total. The molecule has 0 unspecified atom stereocenters. The van der Waals surface area contributed by atoms with Crippen molar-refractivity contribution < 1.29 is 9.53 Å². The Kier molecular flexibility index (Phi) is 7.00. The van der Waals surface area contributed by atoms with E-state index in [0.717, 1.165) is 29.5 Å². The zero-order valence-corrected chi connectivity index (χ0v) is 20.0. The highest BCUT2D eigenvalue weighted by molar-refractivity contribution is 7.71. The van der Waals surface area contributed by atoms with E-state index in [1.807, 2.05) is 43.3 Å². The largest absolute Gasteiger partial charge is 0.381 e. The second-order valence-electron chi connectivity index (χ2n) is 8.10. The van der Waals surface area contributed by atoms with Crippen molar-refractivity contribution in [2.24, 2.45) is 0 Å². The van der Waals surface area contributed by atoms with Crippen molar-refractivity contribution in [1.82, 2.24) is 20.1 Å². The first-order chi connectivity index (χ1) is 15.4. The highest BCUT2D eigenvalue weighted by Crippen LogP contribution is 2.39. The molecule has 2 heterocycles. The van der Waals surface area contributed by atoms with Crippen molar-refractivity contribution in [2.75, 3.05) is 19.8 Å². The smallest absolute Gasteiger partial charge is 0.240 e. The van der Waals surface area contributed by atoms with Crippen LogP contribution < -0.4 is 5.32 Å². The number of halogens is 2. The van der Waals surface area contributed by atoms with Crippen molar-refractivity contribution in [2.45, 2.75) is 31.7 Å². The number of H-pyrrole nitrogens is 1. The van der Waals surface area contributed by atoms with E-state index in [1.165, 1.54) is 0 Å². The van der Waals surface area contributed by atoms with E-state index in [1.54, 1.807) is 10.6 Å². The lowest BCUT2D eigenvalue weighted by molar-refractivity contribution is -0.122. The molecule has 0 atom stereocenters. The van der Waals surface area contributed by atoms with Crippen LogP contribution in [0.4, 0.5) is 0 Å². The number of carbonyl (C=O) groups excluding carboxylic acids is 1. The fourth-order valence-electron chi connectivity index (χ4n) is 4.08. The van der Waals surface area contributed by atoms with Gasteiger partial charge in [-0.15, -0.1) is 0 Å². The van der Waals surface area contributed by atoms with Crippen LogP contribution in [0.2, 0.25) is 10.0 Å². The van der Waals surface area contributed by atoms with Gasteiger partial charge in [0.25, 0.3) is 0 Å². The summed E-state index contributed by atoms with van der Waals surface area (Å²) < 4.78 is 7.69.